The average Bonchev–Trinajstić information content (AvgIpc) is 2.55. The minimum absolute atomic E-state index is 0.0652. The van der Waals surface area contributed by atoms with Crippen molar-refractivity contribution in [3.05, 3.63) is 38.2 Å². The molecule has 0 aliphatic carbocycles. The summed E-state index contributed by atoms with van der Waals surface area (Å²) in [5, 5.41) is 12.9. The zero-order valence-corrected chi connectivity index (χ0v) is 18.2. The van der Waals surface area contributed by atoms with E-state index in [1.54, 1.807) is 10.6 Å². The molecule has 2 rings (SSSR count). The van der Waals surface area contributed by atoms with Crippen LogP contribution in [-0.4, -0.2) is 22.4 Å². The van der Waals surface area contributed by atoms with Crippen LogP contribution in [0.3, 0.4) is 0 Å². The number of benzene rings is 1. The fourth-order valence-corrected chi connectivity index (χ4v) is 3.17. The summed E-state index contributed by atoms with van der Waals surface area (Å²) in [4.78, 5) is 24.4. The summed E-state index contributed by atoms with van der Waals surface area (Å²) in [5.41, 5.74) is -0.0162. The van der Waals surface area contributed by atoms with Crippen LogP contribution < -0.4 is 15.6 Å². The van der Waals surface area contributed by atoms with Crippen LogP contribution in [0.15, 0.2) is 16.9 Å². The van der Waals surface area contributed by atoms with E-state index in [0.29, 0.717) is 40.4 Å². The molecule has 2 N–H and O–H groups in total. The van der Waals surface area contributed by atoms with Crippen LogP contribution in [-0.2, 0) is 13.1 Å². The Morgan fingerprint density at radius 2 is 1.79 bits per heavy atom. The van der Waals surface area contributed by atoms with Crippen molar-refractivity contribution in [2.75, 3.05) is 6.61 Å². The van der Waals surface area contributed by atoms with Gasteiger partial charge in [-0.05, 0) is 23.5 Å². The summed E-state index contributed by atoms with van der Waals surface area (Å²) in [5.74, 6) is 0.681. The molecule has 8 heteroatoms. The van der Waals surface area contributed by atoms with Crippen molar-refractivity contribution in [2.24, 2.45) is 11.3 Å². The van der Waals surface area contributed by atoms with E-state index in [-0.39, 0.29) is 28.5 Å². The van der Waals surface area contributed by atoms with E-state index < -0.39 is 6.09 Å². The van der Waals surface area contributed by atoms with E-state index in [1.807, 2.05) is 34.6 Å². The maximum atomic E-state index is 13.3. The molecule has 154 valence electrons. The predicted molar refractivity (Wildman–Crippen MR) is 113 cm³/mol. The lowest BCUT2D eigenvalue weighted by molar-refractivity contribution is 0.193. The minimum atomic E-state index is -1.18. The lowest BCUT2D eigenvalue weighted by atomic mass is 9.96. The van der Waals surface area contributed by atoms with Gasteiger partial charge in [-0.3, -0.25) is 4.79 Å². The number of fused-ring (bicyclic) bond motifs is 1. The summed E-state index contributed by atoms with van der Waals surface area (Å²) in [6.07, 6.45) is -1.18. The number of amides is 1. The second-order valence-corrected chi connectivity index (χ2v) is 9.22. The van der Waals surface area contributed by atoms with Gasteiger partial charge in [-0.25, -0.2) is 4.79 Å². The smallest absolute Gasteiger partial charge is 0.404 e. The molecule has 0 saturated carbocycles. The molecule has 2 aromatic rings. The number of hydrogen-bond acceptors (Lipinski definition) is 3. The van der Waals surface area contributed by atoms with Crippen LogP contribution >= 0.6 is 23.2 Å². The maximum absolute atomic E-state index is 13.3. The molecule has 0 bridgehead atoms. The van der Waals surface area contributed by atoms with Crippen molar-refractivity contribution in [2.45, 2.75) is 47.7 Å². The van der Waals surface area contributed by atoms with E-state index in [0.717, 1.165) is 0 Å². The first-order valence-electron chi connectivity index (χ1n) is 9.04. The molecule has 1 heterocycles. The predicted octanol–water partition coefficient (Wildman–Crippen LogP) is 5.16. The SMILES string of the molecule is CC(C)COc1c(CNC(=O)O)n(CC(C)(C)C)c(=O)c2cc(Cl)c(Cl)cc12. The molecule has 1 aromatic heterocycles. The van der Waals surface area contributed by atoms with Gasteiger partial charge in [0.15, 0.2) is 0 Å². The highest BCUT2D eigenvalue weighted by atomic mass is 35.5. The number of aromatic nitrogens is 1. The summed E-state index contributed by atoms with van der Waals surface area (Å²) < 4.78 is 7.62. The zero-order chi connectivity index (χ0) is 21.2. The third-order valence-electron chi connectivity index (χ3n) is 3.97. The molecule has 1 aromatic carbocycles. The molecule has 0 radical (unpaired) electrons. The summed E-state index contributed by atoms with van der Waals surface area (Å²) in [6.45, 7) is 10.7. The molecule has 6 nitrogen and oxygen atoms in total. The number of nitrogens with one attached hydrogen (secondary N) is 1. The maximum Gasteiger partial charge on any atom is 0.404 e. The number of ether oxygens (including phenoxy) is 1. The zero-order valence-electron chi connectivity index (χ0n) is 16.7. The first-order chi connectivity index (χ1) is 12.9. The largest absolute Gasteiger partial charge is 0.491 e. The monoisotopic (exact) mass is 428 g/mol. The van der Waals surface area contributed by atoms with Crippen LogP contribution in [0.1, 0.15) is 40.3 Å². The fourth-order valence-electron chi connectivity index (χ4n) is 2.85. The van der Waals surface area contributed by atoms with Gasteiger partial charge < -0.3 is 19.7 Å². The number of carboxylic acid groups (broad SMARTS) is 1. The molecule has 0 spiro atoms. The van der Waals surface area contributed by atoms with Crippen LogP contribution in [0, 0.1) is 11.3 Å². The van der Waals surface area contributed by atoms with Gasteiger partial charge in [0.05, 0.1) is 34.3 Å². The van der Waals surface area contributed by atoms with Crippen LogP contribution in [0.25, 0.3) is 10.8 Å². The highest BCUT2D eigenvalue weighted by Gasteiger charge is 2.23. The summed E-state index contributed by atoms with van der Waals surface area (Å²) >= 11 is 12.4. The van der Waals surface area contributed by atoms with E-state index >= 15 is 0 Å². The summed E-state index contributed by atoms with van der Waals surface area (Å²) in [6, 6.07) is 3.14. The highest BCUT2D eigenvalue weighted by Crippen LogP contribution is 2.35. The van der Waals surface area contributed by atoms with Gasteiger partial charge in [-0.1, -0.05) is 57.8 Å². The van der Waals surface area contributed by atoms with Gasteiger partial charge in [0.1, 0.15) is 5.75 Å². The molecular weight excluding hydrogens is 403 g/mol. The fraction of sp³-hybridized carbons (Fsp3) is 0.500. The number of pyridine rings is 1. The van der Waals surface area contributed by atoms with Gasteiger partial charge in [0, 0.05) is 11.9 Å². The molecule has 1 amide bonds. The second kappa shape index (κ2) is 8.62. The van der Waals surface area contributed by atoms with Crippen molar-refractivity contribution in [1.82, 2.24) is 9.88 Å². The Labute approximate surface area is 174 Å². The topological polar surface area (TPSA) is 80.6 Å². The Balaban J connectivity index is 2.86. The van der Waals surface area contributed by atoms with E-state index in [2.05, 4.69) is 5.32 Å². The third-order valence-corrected chi connectivity index (χ3v) is 4.69. The number of nitrogens with zero attached hydrogens (tertiary/aromatic N) is 1. The molecule has 0 saturated heterocycles. The number of halogens is 2. The van der Waals surface area contributed by atoms with E-state index in [4.69, 9.17) is 33.0 Å². The lowest BCUT2D eigenvalue weighted by Gasteiger charge is -2.26. The minimum Gasteiger partial charge on any atom is -0.491 e. The van der Waals surface area contributed by atoms with Crippen molar-refractivity contribution in [3.63, 3.8) is 0 Å². The Kier molecular flexibility index (Phi) is 6.88. The van der Waals surface area contributed by atoms with E-state index in [1.165, 1.54) is 6.07 Å². The van der Waals surface area contributed by atoms with Crippen LogP contribution in [0.2, 0.25) is 10.0 Å². The Bertz CT molecular complexity index is 946. The van der Waals surface area contributed by atoms with Gasteiger partial charge in [0.25, 0.3) is 5.56 Å². The molecular formula is C20H26Cl2N2O4. The Morgan fingerprint density at radius 1 is 1.21 bits per heavy atom. The second-order valence-electron chi connectivity index (χ2n) is 8.40. The third kappa shape index (κ3) is 5.32. The highest BCUT2D eigenvalue weighted by molar-refractivity contribution is 6.42. The molecule has 0 fully saturated rings. The number of carbonyl (C=O) groups is 1. The van der Waals surface area contributed by atoms with Gasteiger partial charge in [0.2, 0.25) is 0 Å². The average molecular weight is 429 g/mol. The number of rotatable bonds is 6. The lowest BCUT2D eigenvalue weighted by Crippen LogP contribution is -2.33. The van der Waals surface area contributed by atoms with Gasteiger partial charge in [-0.2, -0.15) is 0 Å². The quantitative estimate of drug-likeness (QED) is 0.665. The van der Waals surface area contributed by atoms with Crippen molar-refractivity contribution in [1.29, 1.82) is 0 Å². The summed E-state index contributed by atoms with van der Waals surface area (Å²) in [7, 11) is 0. The van der Waals surface area contributed by atoms with Crippen molar-refractivity contribution >= 4 is 40.1 Å². The van der Waals surface area contributed by atoms with Gasteiger partial charge >= 0.3 is 6.09 Å². The van der Waals surface area contributed by atoms with Crippen LogP contribution in [0.4, 0.5) is 4.79 Å². The first kappa shape index (κ1) is 22.4. The first-order valence-corrected chi connectivity index (χ1v) is 9.80. The molecule has 0 aliphatic heterocycles. The van der Waals surface area contributed by atoms with Crippen molar-refractivity contribution < 1.29 is 14.6 Å². The van der Waals surface area contributed by atoms with Crippen LogP contribution in [0.5, 0.6) is 5.75 Å². The standard InChI is InChI=1S/C20H26Cl2N2O4/c1-11(2)9-28-17-12-6-14(21)15(22)7-13(12)18(25)24(10-20(3,4)5)16(17)8-23-19(26)27/h6-7,11,23H,8-10H2,1-5H3,(H,26,27). The van der Waals surface area contributed by atoms with E-state index in [9.17, 15) is 9.59 Å². The molecule has 28 heavy (non-hydrogen) atoms. The Hall–Kier alpha value is -1.92. The van der Waals surface area contributed by atoms with Crippen molar-refractivity contribution in [3.8, 4) is 5.75 Å². The molecule has 0 atom stereocenters. The Morgan fingerprint density at radius 3 is 2.29 bits per heavy atom. The number of hydrogen-bond donors (Lipinski definition) is 2. The normalized spacial score (nSPS) is 11.9. The molecule has 0 aliphatic rings. The van der Waals surface area contributed by atoms with Gasteiger partial charge in [-0.15, -0.1) is 0 Å². The molecule has 0 unspecified atom stereocenters.